The third-order valence-electron chi connectivity index (χ3n) is 6.27. The van der Waals surface area contributed by atoms with Crippen molar-refractivity contribution in [2.75, 3.05) is 6.54 Å². The Morgan fingerprint density at radius 2 is 2.25 bits per heavy atom. The molecule has 2 heteroatoms. The van der Waals surface area contributed by atoms with Crippen LogP contribution in [-0.4, -0.2) is 17.7 Å². The highest BCUT2D eigenvalue weighted by Gasteiger charge is 2.52. The topological polar surface area (TPSA) is 32.3 Å². The molecule has 0 unspecified atom stereocenters. The molecule has 0 aromatic rings. The molecule has 3 atom stereocenters. The second-order valence-electron chi connectivity index (χ2n) is 7.04. The van der Waals surface area contributed by atoms with Crippen molar-refractivity contribution < 1.29 is 5.11 Å². The highest BCUT2D eigenvalue weighted by molar-refractivity contribution is 5.52. The maximum absolute atomic E-state index is 10.2. The summed E-state index contributed by atoms with van der Waals surface area (Å²) in [4.78, 5) is 0. The quantitative estimate of drug-likeness (QED) is 0.697. The van der Waals surface area contributed by atoms with Crippen LogP contribution in [0.15, 0.2) is 34.6 Å². The molecule has 2 bridgehead atoms. The third-order valence-corrected chi connectivity index (χ3v) is 6.27. The van der Waals surface area contributed by atoms with E-state index in [0.717, 1.165) is 18.9 Å². The fraction of sp³-hybridized carbons (Fsp3) is 0.667. The summed E-state index contributed by atoms with van der Waals surface area (Å²) >= 11 is 0. The smallest absolute Gasteiger partial charge is 0.0969 e. The van der Waals surface area contributed by atoms with Gasteiger partial charge in [0.2, 0.25) is 0 Å². The summed E-state index contributed by atoms with van der Waals surface area (Å²) in [6.45, 7) is 3.27. The first-order valence-electron chi connectivity index (χ1n) is 8.27. The fourth-order valence-corrected chi connectivity index (χ4v) is 5.43. The van der Waals surface area contributed by atoms with Gasteiger partial charge in [0.1, 0.15) is 0 Å². The highest BCUT2D eigenvalue weighted by Crippen LogP contribution is 2.59. The molecular weight excluding hydrogens is 246 g/mol. The summed E-state index contributed by atoms with van der Waals surface area (Å²) in [6.07, 6.45) is 13.0. The van der Waals surface area contributed by atoms with Crippen LogP contribution in [0, 0.1) is 11.3 Å². The first-order valence-corrected chi connectivity index (χ1v) is 8.27. The number of hydrogen-bond acceptors (Lipinski definition) is 2. The molecule has 1 saturated carbocycles. The Hall–Kier alpha value is -1.02. The lowest BCUT2D eigenvalue weighted by molar-refractivity contribution is 0.0461. The maximum atomic E-state index is 10.2. The molecule has 20 heavy (non-hydrogen) atoms. The second-order valence-corrected chi connectivity index (χ2v) is 7.04. The monoisotopic (exact) mass is 271 g/mol. The zero-order chi connectivity index (χ0) is 13.7. The summed E-state index contributed by atoms with van der Waals surface area (Å²) in [6, 6.07) is 0.673. The van der Waals surface area contributed by atoms with Gasteiger partial charge in [-0.25, -0.2) is 0 Å². The van der Waals surface area contributed by atoms with Crippen LogP contribution in [-0.2, 0) is 0 Å². The van der Waals surface area contributed by atoms with Gasteiger partial charge in [-0.1, -0.05) is 18.9 Å². The largest absolute Gasteiger partial charge is 0.512 e. The number of aliphatic hydroxyl groups excluding tert-OH is 1. The van der Waals surface area contributed by atoms with Gasteiger partial charge in [-0.05, 0) is 67.9 Å². The number of aliphatic hydroxyl groups is 1. The van der Waals surface area contributed by atoms with Gasteiger partial charge >= 0.3 is 0 Å². The first kappa shape index (κ1) is 12.7. The molecule has 0 aromatic heterocycles. The van der Waals surface area contributed by atoms with Crippen LogP contribution >= 0.6 is 0 Å². The Balaban J connectivity index is 1.90. The average molecular weight is 271 g/mol. The molecule has 4 aliphatic rings. The van der Waals surface area contributed by atoms with Crippen LogP contribution in [0.3, 0.4) is 0 Å². The first-order chi connectivity index (χ1) is 9.74. The highest BCUT2D eigenvalue weighted by atomic mass is 16.3. The summed E-state index contributed by atoms with van der Waals surface area (Å²) < 4.78 is 0. The summed E-state index contributed by atoms with van der Waals surface area (Å²) in [5, 5.41) is 14.0. The van der Waals surface area contributed by atoms with Crippen molar-refractivity contribution in [2.45, 2.75) is 57.9 Å². The van der Waals surface area contributed by atoms with Gasteiger partial charge < -0.3 is 10.4 Å². The molecule has 0 spiro atoms. The summed E-state index contributed by atoms with van der Waals surface area (Å²) in [5.74, 6) is 1.37. The van der Waals surface area contributed by atoms with Gasteiger partial charge in [0.15, 0.2) is 0 Å². The number of piperidine rings is 1. The number of rotatable bonds is 0. The van der Waals surface area contributed by atoms with E-state index in [4.69, 9.17) is 0 Å². The molecule has 2 nitrogen and oxygen atoms in total. The molecule has 0 amide bonds. The van der Waals surface area contributed by atoms with Crippen LogP contribution in [0.2, 0.25) is 0 Å². The minimum Gasteiger partial charge on any atom is -0.512 e. The minimum absolute atomic E-state index is 0.365. The van der Waals surface area contributed by atoms with Gasteiger partial charge in [-0.15, -0.1) is 0 Å². The van der Waals surface area contributed by atoms with Crippen LogP contribution in [0.25, 0.3) is 0 Å². The molecule has 1 aliphatic heterocycles. The Morgan fingerprint density at radius 3 is 3.10 bits per heavy atom. The molecular formula is C18H25NO. The maximum Gasteiger partial charge on any atom is 0.0969 e. The van der Waals surface area contributed by atoms with E-state index in [1.165, 1.54) is 49.7 Å². The van der Waals surface area contributed by atoms with Crippen LogP contribution in [0.4, 0.5) is 0 Å². The van der Waals surface area contributed by atoms with Crippen molar-refractivity contribution in [3.63, 3.8) is 0 Å². The van der Waals surface area contributed by atoms with E-state index in [1.54, 1.807) is 5.57 Å². The standard InChI is InChI=1S/C18H25NO/c1-2-12-9-13(20)10-16-14(12)11-17-15-5-3-4-6-18(15,16)7-8-19-17/h2,10,15,17,19-20H,3-9,11H2,1H3/t15-,17+,18+/m0/s1. The predicted molar refractivity (Wildman–Crippen MR) is 81.5 cm³/mol. The zero-order valence-corrected chi connectivity index (χ0v) is 12.4. The normalized spacial score (nSPS) is 42.0. The van der Waals surface area contributed by atoms with E-state index in [9.17, 15) is 5.11 Å². The Kier molecular flexibility index (Phi) is 2.85. The van der Waals surface area contributed by atoms with Crippen molar-refractivity contribution in [1.29, 1.82) is 0 Å². The van der Waals surface area contributed by atoms with E-state index >= 15 is 0 Å². The molecule has 2 fully saturated rings. The molecule has 0 radical (unpaired) electrons. The summed E-state index contributed by atoms with van der Waals surface area (Å²) in [5.41, 5.74) is 4.80. The van der Waals surface area contributed by atoms with Crippen LogP contribution < -0.4 is 5.32 Å². The lowest BCUT2D eigenvalue weighted by Gasteiger charge is -2.57. The molecule has 1 saturated heterocycles. The second kappa shape index (κ2) is 4.49. The van der Waals surface area contributed by atoms with E-state index in [2.05, 4.69) is 24.4 Å². The SMILES string of the molecule is CC=C1CC(O)=CC2=C1C[C@H]1NCC[C@@]23CCCC[C@@H]13. The van der Waals surface area contributed by atoms with Gasteiger partial charge in [-0.2, -0.15) is 0 Å². The zero-order valence-electron chi connectivity index (χ0n) is 12.4. The molecule has 0 aromatic carbocycles. The molecule has 3 aliphatic carbocycles. The van der Waals surface area contributed by atoms with E-state index in [-0.39, 0.29) is 0 Å². The predicted octanol–water partition coefficient (Wildman–Crippen LogP) is 4.02. The molecule has 2 N–H and O–H groups in total. The van der Waals surface area contributed by atoms with Crippen LogP contribution in [0.1, 0.15) is 51.9 Å². The van der Waals surface area contributed by atoms with Gasteiger partial charge in [0, 0.05) is 17.9 Å². The van der Waals surface area contributed by atoms with Crippen molar-refractivity contribution in [3.05, 3.63) is 34.6 Å². The Morgan fingerprint density at radius 1 is 1.35 bits per heavy atom. The van der Waals surface area contributed by atoms with E-state index in [1.807, 2.05) is 0 Å². The lowest BCUT2D eigenvalue weighted by atomic mass is 9.51. The lowest BCUT2D eigenvalue weighted by Crippen LogP contribution is -2.57. The Labute approximate surface area is 121 Å². The molecule has 1 heterocycles. The van der Waals surface area contributed by atoms with Crippen molar-refractivity contribution in [2.24, 2.45) is 11.3 Å². The fourth-order valence-electron chi connectivity index (χ4n) is 5.43. The summed E-state index contributed by atoms with van der Waals surface area (Å²) in [7, 11) is 0. The van der Waals surface area contributed by atoms with Gasteiger partial charge in [-0.3, -0.25) is 0 Å². The average Bonchev–Trinajstić information content (AvgIpc) is 2.47. The van der Waals surface area contributed by atoms with Crippen molar-refractivity contribution >= 4 is 0 Å². The number of allylic oxidation sites excluding steroid dienone is 4. The number of nitrogens with one attached hydrogen (secondary N) is 1. The van der Waals surface area contributed by atoms with E-state index in [0.29, 0.717) is 17.2 Å². The molecule has 4 rings (SSSR count). The van der Waals surface area contributed by atoms with E-state index < -0.39 is 0 Å². The van der Waals surface area contributed by atoms with Crippen LogP contribution in [0.5, 0.6) is 0 Å². The Bertz CT molecular complexity index is 524. The molecule has 108 valence electrons. The minimum atomic E-state index is 0.365. The van der Waals surface area contributed by atoms with Crippen molar-refractivity contribution in [3.8, 4) is 0 Å². The van der Waals surface area contributed by atoms with Crippen molar-refractivity contribution in [1.82, 2.24) is 5.32 Å². The van der Waals surface area contributed by atoms with Gasteiger partial charge in [0.25, 0.3) is 0 Å². The third kappa shape index (κ3) is 1.60. The number of hydrogen-bond donors (Lipinski definition) is 2. The van der Waals surface area contributed by atoms with Gasteiger partial charge in [0.05, 0.1) is 5.76 Å².